The number of hydrogen-bond donors (Lipinski definition) is 1. The molecule has 5 nitrogen and oxygen atoms in total. The molecule has 0 aliphatic heterocycles. The fraction of sp³-hybridized carbons (Fsp3) is 0.222. The third kappa shape index (κ3) is 1.50. The summed E-state index contributed by atoms with van der Waals surface area (Å²) in [4.78, 5) is 15.0. The van der Waals surface area contributed by atoms with Crippen LogP contribution in [0.15, 0.2) is 16.7 Å². The second-order valence-electron chi connectivity index (χ2n) is 2.98. The Hall–Kier alpha value is -1.43. The Bertz CT molecular complexity index is 535. The van der Waals surface area contributed by atoms with Crippen LogP contribution in [0.2, 0.25) is 0 Å². The largest absolute Gasteiger partial charge is 0.477 e. The second kappa shape index (κ2) is 3.62. The van der Waals surface area contributed by atoms with Crippen molar-refractivity contribution in [2.75, 3.05) is 0 Å². The van der Waals surface area contributed by atoms with Crippen LogP contribution in [0, 0.1) is 0 Å². The van der Waals surface area contributed by atoms with E-state index in [9.17, 15) is 4.79 Å². The van der Waals surface area contributed by atoms with Gasteiger partial charge in [-0.15, -0.1) is 0 Å². The van der Waals surface area contributed by atoms with E-state index in [1.165, 1.54) is 16.8 Å². The first-order chi connectivity index (χ1) is 7.15. The Kier molecular flexibility index (Phi) is 2.44. The summed E-state index contributed by atoms with van der Waals surface area (Å²) in [5.74, 6) is -1.01. The van der Waals surface area contributed by atoms with E-state index >= 15 is 0 Å². The lowest BCUT2D eigenvalue weighted by atomic mass is 10.3. The summed E-state index contributed by atoms with van der Waals surface area (Å²) in [6.07, 6.45) is 2.19. The molecule has 2 aromatic rings. The van der Waals surface area contributed by atoms with Crippen molar-refractivity contribution in [3.05, 3.63) is 28.1 Å². The summed E-state index contributed by atoms with van der Waals surface area (Å²) < 4.78 is 2.10. The van der Waals surface area contributed by atoms with E-state index in [1.54, 1.807) is 0 Å². The molecule has 0 spiro atoms. The molecular formula is C9H8BrN3O2. The molecule has 15 heavy (non-hydrogen) atoms. The minimum absolute atomic E-state index is 0.111. The number of carboxylic acid groups (broad SMARTS) is 1. The molecule has 0 fully saturated rings. The summed E-state index contributed by atoms with van der Waals surface area (Å²) >= 11 is 3.36. The molecule has 0 amide bonds. The van der Waals surface area contributed by atoms with E-state index in [0.29, 0.717) is 5.65 Å². The number of nitrogens with zero attached hydrogens (tertiary/aromatic N) is 3. The van der Waals surface area contributed by atoms with Gasteiger partial charge in [0.1, 0.15) is 0 Å². The van der Waals surface area contributed by atoms with Crippen molar-refractivity contribution in [2.24, 2.45) is 0 Å². The average Bonchev–Trinajstić information content (AvgIpc) is 2.55. The number of aryl methyl sites for hydroxylation is 1. The molecular weight excluding hydrogens is 262 g/mol. The number of aromatic nitrogens is 3. The first kappa shape index (κ1) is 10.1. The van der Waals surface area contributed by atoms with Gasteiger partial charge in [0.15, 0.2) is 11.3 Å². The highest BCUT2D eigenvalue weighted by Gasteiger charge is 2.15. The van der Waals surface area contributed by atoms with Crippen LogP contribution in [0.3, 0.4) is 0 Å². The van der Waals surface area contributed by atoms with E-state index in [2.05, 4.69) is 26.0 Å². The summed E-state index contributed by atoms with van der Waals surface area (Å²) in [6, 6.07) is 1.42. The Morgan fingerprint density at radius 1 is 1.67 bits per heavy atom. The maximum absolute atomic E-state index is 10.9. The normalized spacial score (nSPS) is 10.8. The summed E-state index contributed by atoms with van der Waals surface area (Å²) in [7, 11) is 0. The molecule has 1 N–H and O–H groups in total. The molecule has 2 heterocycles. The van der Waals surface area contributed by atoms with Crippen LogP contribution in [-0.2, 0) is 6.42 Å². The van der Waals surface area contributed by atoms with Gasteiger partial charge in [-0.2, -0.15) is 5.10 Å². The average molecular weight is 270 g/mol. The van der Waals surface area contributed by atoms with Gasteiger partial charge >= 0.3 is 5.97 Å². The van der Waals surface area contributed by atoms with Gasteiger partial charge in [-0.05, 0) is 28.4 Å². The van der Waals surface area contributed by atoms with Crippen LogP contribution in [0.1, 0.15) is 23.1 Å². The maximum Gasteiger partial charge on any atom is 0.354 e. The molecule has 0 atom stereocenters. The quantitative estimate of drug-likeness (QED) is 0.902. The molecule has 2 aromatic heterocycles. The number of halogens is 1. The number of carbonyl (C=O) groups is 1. The lowest BCUT2D eigenvalue weighted by Gasteiger charge is -1.97. The summed E-state index contributed by atoms with van der Waals surface area (Å²) in [5, 5.41) is 13.1. The van der Waals surface area contributed by atoms with E-state index in [0.717, 1.165) is 16.6 Å². The Balaban J connectivity index is 2.81. The lowest BCUT2D eigenvalue weighted by Crippen LogP contribution is -2.06. The number of aromatic carboxylic acids is 1. The zero-order valence-electron chi connectivity index (χ0n) is 7.94. The molecule has 0 bridgehead atoms. The molecule has 0 aliphatic carbocycles. The third-order valence-corrected chi connectivity index (χ3v) is 2.89. The van der Waals surface area contributed by atoms with Crippen LogP contribution in [0.5, 0.6) is 0 Å². The first-order valence-electron chi connectivity index (χ1n) is 4.40. The first-order valence-corrected chi connectivity index (χ1v) is 5.20. The van der Waals surface area contributed by atoms with Crippen molar-refractivity contribution in [3.8, 4) is 0 Å². The zero-order valence-corrected chi connectivity index (χ0v) is 9.52. The van der Waals surface area contributed by atoms with Gasteiger partial charge in [0.25, 0.3) is 0 Å². The Morgan fingerprint density at radius 3 is 3.00 bits per heavy atom. The molecule has 0 radical (unpaired) electrons. The van der Waals surface area contributed by atoms with Crippen molar-refractivity contribution in [1.82, 2.24) is 14.6 Å². The van der Waals surface area contributed by atoms with Crippen LogP contribution >= 0.6 is 15.9 Å². The Labute approximate surface area is 93.9 Å². The number of fused-ring (bicyclic) bond motifs is 1. The highest BCUT2D eigenvalue weighted by Crippen LogP contribution is 2.21. The van der Waals surface area contributed by atoms with Crippen molar-refractivity contribution in [3.63, 3.8) is 0 Å². The number of rotatable bonds is 2. The molecule has 78 valence electrons. The molecule has 0 unspecified atom stereocenters. The molecule has 0 saturated carbocycles. The van der Waals surface area contributed by atoms with Crippen molar-refractivity contribution < 1.29 is 9.90 Å². The predicted octanol–water partition coefficient (Wildman–Crippen LogP) is 1.75. The van der Waals surface area contributed by atoms with Gasteiger partial charge in [0.05, 0.1) is 10.2 Å². The fourth-order valence-electron chi connectivity index (χ4n) is 1.35. The third-order valence-electron chi connectivity index (χ3n) is 2.08. The maximum atomic E-state index is 10.9. The number of hydrogen-bond acceptors (Lipinski definition) is 3. The van der Waals surface area contributed by atoms with Crippen LogP contribution in [0.4, 0.5) is 0 Å². The van der Waals surface area contributed by atoms with Gasteiger partial charge in [-0.1, -0.05) is 6.92 Å². The van der Waals surface area contributed by atoms with Gasteiger partial charge in [-0.25, -0.2) is 14.3 Å². The van der Waals surface area contributed by atoms with E-state index < -0.39 is 5.97 Å². The molecule has 6 heteroatoms. The van der Waals surface area contributed by atoms with Crippen molar-refractivity contribution >= 4 is 27.5 Å². The predicted molar refractivity (Wildman–Crippen MR) is 57.0 cm³/mol. The Morgan fingerprint density at radius 2 is 2.40 bits per heavy atom. The van der Waals surface area contributed by atoms with Gasteiger partial charge in [-0.3, -0.25) is 0 Å². The lowest BCUT2D eigenvalue weighted by molar-refractivity contribution is 0.0687. The van der Waals surface area contributed by atoms with Crippen LogP contribution in [0.25, 0.3) is 5.65 Å². The summed E-state index contributed by atoms with van der Waals surface area (Å²) in [5.41, 5.74) is 1.45. The van der Waals surface area contributed by atoms with Gasteiger partial charge < -0.3 is 5.11 Å². The standard InChI is InChI=1S/C9H8BrN3O2/c1-2-5-7(10)8-11-4-3-6(9(14)15)13(8)12-5/h3-4H,2H2,1H3,(H,14,15). The van der Waals surface area contributed by atoms with E-state index in [1.807, 2.05) is 6.92 Å². The minimum Gasteiger partial charge on any atom is -0.477 e. The topological polar surface area (TPSA) is 67.5 Å². The van der Waals surface area contributed by atoms with Gasteiger partial charge in [0.2, 0.25) is 0 Å². The second-order valence-corrected chi connectivity index (χ2v) is 3.78. The summed E-state index contributed by atoms with van der Waals surface area (Å²) in [6.45, 7) is 1.95. The van der Waals surface area contributed by atoms with Crippen LogP contribution in [-0.4, -0.2) is 25.7 Å². The number of carboxylic acids is 1. The monoisotopic (exact) mass is 269 g/mol. The van der Waals surface area contributed by atoms with Crippen LogP contribution < -0.4 is 0 Å². The zero-order chi connectivity index (χ0) is 11.0. The van der Waals surface area contributed by atoms with E-state index in [4.69, 9.17) is 5.11 Å². The minimum atomic E-state index is -1.01. The SMILES string of the molecule is CCc1nn2c(C(=O)O)ccnc2c1Br. The molecule has 0 aliphatic rings. The molecule has 0 aromatic carbocycles. The molecule has 0 saturated heterocycles. The highest BCUT2D eigenvalue weighted by molar-refractivity contribution is 9.10. The van der Waals surface area contributed by atoms with Gasteiger partial charge in [0, 0.05) is 6.20 Å². The highest BCUT2D eigenvalue weighted by atomic mass is 79.9. The van der Waals surface area contributed by atoms with Crippen molar-refractivity contribution in [2.45, 2.75) is 13.3 Å². The van der Waals surface area contributed by atoms with E-state index in [-0.39, 0.29) is 5.69 Å². The fourth-order valence-corrected chi connectivity index (χ4v) is 1.98. The van der Waals surface area contributed by atoms with Crippen molar-refractivity contribution in [1.29, 1.82) is 0 Å². The molecule has 2 rings (SSSR count). The smallest absolute Gasteiger partial charge is 0.354 e.